The van der Waals surface area contributed by atoms with Crippen LogP contribution >= 0.6 is 0 Å². The Kier molecular flexibility index (Phi) is 5.49. The van der Waals surface area contributed by atoms with Gasteiger partial charge in [0.05, 0.1) is 9.82 Å². The summed E-state index contributed by atoms with van der Waals surface area (Å²) in [4.78, 5) is 20.9. The van der Waals surface area contributed by atoms with Crippen LogP contribution in [0.15, 0.2) is 17.0 Å². The van der Waals surface area contributed by atoms with Crippen molar-refractivity contribution < 1.29 is 23.2 Å². The lowest BCUT2D eigenvalue weighted by Gasteiger charge is -2.26. The fourth-order valence-electron chi connectivity index (χ4n) is 2.34. The van der Waals surface area contributed by atoms with Crippen molar-refractivity contribution in [2.75, 3.05) is 0 Å². The second kappa shape index (κ2) is 6.63. The van der Waals surface area contributed by atoms with Crippen LogP contribution in [0.5, 0.6) is 0 Å². The molecule has 0 amide bonds. The van der Waals surface area contributed by atoms with Crippen LogP contribution in [0.3, 0.4) is 0 Å². The molecule has 2 N–H and O–H groups in total. The predicted molar refractivity (Wildman–Crippen MR) is 83.8 cm³/mol. The average molecular weight is 344 g/mol. The van der Waals surface area contributed by atoms with Gasteiger partial charge in [-0.2, -0.15) is 0 Å². The SMILES string of the molecule is Cc1cc([N+](=O)[O-])cc(C)c1S(=O)(=O)NC(C)(C)CCC(=O)O. The molecular formula is C14H20N2O6S. The van der Waals surface area contributed by atoms with E-state index in [1.165, 1.54) is 26.0 Å². The van der Waals surface area contributed by atoms with Gasteiger partial charge in [-0.3, -0.25) is 14.9 Å². The zero-order valence-electron chi connectivity index (χ0n) is 13.4. The standard InChI is InChI=1S/C14H20N2O6S/c1-9-7-11(16(19)20)8-10(2)13(9)23(21,22)15-14(3,4)6-5-12(17)18/h7-8,15H,5-6H2,1-4H3,(H,17,18). The molecule has 23 heavy (non-hydrogen) atoms. The number of nitro benzene ring substituents is 1. The summed E-state index contributed by atoms with van der Waals surface area (Å²) in [6.07, 6.45) is -0.0552. The summed E-state index contributed by atoms with van der Waals surface area (Å²) in [5.41, 5.74) is -0.613. The Morgan fingerprint density at radius 1 is 1.30 bits per heavy atom. The molecule has 0 aliphatic rings. The number of aryl methyl sites for hydroxylation is 2. The molecule has 1 aromatic rings. The Morgan fingerprint density at radius 2 is 1.78 bits per heavy atom. The molecule has 0 unspecified atom stereocenters. The first-order valence-corrected chi connectivity index (χ1v) is 8.35. The lowest BCUT2D eigenvalue weighted by molar-refractivity contribution is -0.385. The van der Waals surface area contributed by atoms with E-state index in [9.17, 15) is 23.3 Å². The van der Waals surface area contributed by atoms with E-state index in [0.717, 1.165) is 0 Å². The number of nitrogens with one attached hydrogen (secondary N) is 1. The van der Waals surface area contributed by atoms with Gasteiger partial charge in [0.1, 0.15) is 0 Å². The molecule has 0 radical (unpaired) electrons. The molecule has 1 rings (SSSR count). The highest BCUT2D eigenvalue weighted by atomic mass is 32.2. The minimum atomic E-state index is -3.94. The van der Waals surface area contributed by atoms with Crippen LogP contribution in [0.4, 0.5) is 5.69 Å². The van der Waals surface area contributed by atoms with E-state index in [-0.39, 0.29) is 34.6 Å². The number of hydrogen-bond acceptors (Lipinski definition) is 5. The fourth-order valence-corrected chi connectivity index (χ4v) is 4.24. The van der Waals surface area contributed by atoms with Crippen LogP contribution in [-0.2, 0) is 14.8 Å². The molecule has 0 aliphatic carbocycles. The van der Waals surface area contributed by atoms with Crippen molar-refractivity contribution in [3.63, 3.8) is 0 Å². The first-order valence-electron chi connectivity index (χ1n) is 6.87. The van der Waals surface area contributed by atoms with Crippen molar-refractivity contribution >= 4 is 21.7 Å². The van der Waals surface area contributed by atoms with Crippen LogP contribution in [0.25, 0.3) is 0 Å². The van der Waals surface area contributed by atoms with Crippen LogP contribution in [0, 0.1) is 24.0 Å². The molecular weight excluding hydrogens is 324 g/mol. The van der Waals surface area contributed by atoms with Crippen LogP contribution in [-0.4, -0.2) is 30.0 Å². The number of hydrogen-bond donors (Lipinski definition) is 2. The molecule has 128 valence electrons. The molecule has 0 aromatic heterocycles. The Hall–Kier alpha value is -2.00. The Balaban J connectivity index is 3.19. The Labute approximate surface area is 134 Å². The molecule has 0 atom stereocenters. The summed E-state index contributed by atoms with van der Waals surface area (Å²) < 4.78 is 27.6. The minimum absolute atomic E-state index is 0.0218. The van der Waals surface area contributed by atoms with Gasteiger partial charge in [0.15, 0.2) is 0 Å². The third-order valence-electron chi connectivity index (χ3n) is 3.30. The molecule has 0 aliphatic heterocycles. The molecule has 0 saturated heterocycles. The van der Waals surface area contributed by atoms with E-state index >= 15 is 0 Å². The van der Waals surface area contributed by atoms with Gasteiger partial charge in [-0.1, -0.05) is 0 Å². The summed E-state index contributed by atoms with van der Waals surface area (Å²) in [5, 5.41) is 19.6. The van der Waals surface area contributed by atoms with Gasteiger partial charge in [0.2, 0.25) is 10.0 Å². The van der Waals surface area contributed by atoms with Gasteiger partial charge in [-0.05, 0) is 45.2 Å². The largest absolute Gasteiger partial charge is 0.481 e. The number of carboxylic acid groups (broad SMARTS) is 1. The first kappa shape index (κ1) is 19.0. The molecule has 0 fully saturated rings. The van der Waals surface area contributed by atoms with Crippen molar-refractivity contribution in [3.8, 4) is 0 Å². The summed E-state index contributed by atoms with van der Waals surface area (Å²) in [7, 11) is -3.94. The van der Waals surface area contributed by atoms with Crippen molar-refractivity contribution in [2.45, 2.75) is 51.0 Å². The number of non-ortho nitro benzene ring substituents is 1. The number of rotatable bonds is 7. The Bertz CT molecular complexity index is 717. The number of nitrogens with zero attached hydrogens (tertiary/aromatic N) is 1. The van der Waals surface area contributed by atoms with Gasteiger partial charge >= 0.3 is 5.97 Å². The Morgan fingerprint density at radius 3 is 2.17 bits per heavy atom. The van der Waals surface area contributed by atoms with E-state index in [2.05, 4.69) is 4.72 Å². The van der Waals surface area contributed by atoms with Gasteiger partial charge in [0, 0.05) is 24.1 Å². The second-order valence-electron chi connectivity index (χ2n) is 6.05. The van der Waals surface area contributed by atoms with E-state index in [1.54, 1.807) is 13.8 Å². The van der Waals surface area contributed by atoms with E-state index in [1.807, 2.05) is 0 Å². The number of sulfonamides is 1. The van der Waals surface area contributed by atoms with E-state index in [4.69, 9.17) is 5.11 Å². The topological polar surface area (TPSA) is 127 Å². The maximum atomic E-state index is 12.6. The number of carboxylic acids is 1. The molecule has 0 spiro atoms. The van der Waals surface area contributed by atoms with Crippen molar-refractivity contribution in [1.82, 2.24) is 4.72 Å². The summed E-state index contributed by atoms with van der Waals surface area (Å²) in [5.74, 6) is -1.01. The average Bonchev–Trinajstić information content (AvgIpc) is 2.33. The quantitative estimate of drug-likeness (QED) is 0.576. The van der Waals surface area contributed by atoms with Crippen LogP contribution in [0.2, 0.25) is 0 Å². The third kappa shape index (κ3) is 5.00. The molecule has 0 heterocycles. The summed E-state index contributed by atoms with van der Waals surface area (Å²) in [6.45, 7) is 6.14. The maximum Gasteiger partial charge on any atom is 0.303 e. The molecule has 9 heteroatoms. The monoisotopic (exact) mass is 344 g/mol. The summed E-state index contributed by atoms with van der Waals surface area (Å²) in [6, 6.07) is 2.40. The maximum absolute atomic E-state index is 12.6. The molecule has 1 aromatic carbocycles. The lowest BCUT2D eigenvalue weighted by Crippen LogP contribution is -2.44. The highest BCUT2D eigenvalue weighted by Gasteiger charge is 2.29. The molecule has 8 nitrogen and oxygen atoms in total. The van der Waals surface area contributed by atoms with E-state index < -0.39 is 26.5 Å². The minimum Gasteiger partial charge on any atom is -0.481 e. The fraction of sp³-hybridized carbons (Fsp3) is 0.500. The number of nitro groups is 1. The predicted octanol–water partition coefficient (Wildman–Crippen LogP) is 2.13. The van der Waals surface area contributed by atoms with Crippen LogP contribution in [0.1, 0.15) is 37.8 Å². The first-order chi connectivity index (χ1) is 10.4. The van der Waals surface area contributed by atoms with Crippen molar-refractivity contribution in [3.05, 3.63) is 33.4 Å². The smallest absolute Gasteiger partial charge is 0.303 e. The second-order valence-corrected chi connectivity index (χ2v) is 7.67. The highest BCUT2D eigenvalue weighted by molar-refractivity contribution is 7.89. The zero-order chi connectivity index (χ0) is 18.0. The number of carbonyl (C=O) groups is 1. The van der Waals surface area contributed by atoms with Crippen molar-refractivity contribution in [1.29, 1.82) is 0 Å². The van der Waals surface area contributed by atoms with Gasteiger partial charge < -0.3 is 5.11 Å². The zero-order valence-corrected chi connectivity index (χ0v) is 14.2. The summed E-state index contributed by atoms with van der Waals surface area (Å²) >= 11 is 0. The van der Waals surface area contributed by atoms with Gasteiger partial charge in [-0.25, -0.2) is 13.1 Å². The number of aliphatic carboxylic acids is 1. The van der Waals surface area contributed by atoms with Gasteiger partial charge in [0.25, 0.3) is 5.69 Å². The molecule has 0 bridgehead atoms. The van der Waals surface area contributed by atoms with E-state index in [0.29, 0.717) is 0 Å². The van der Waals surface area contributed by atoms with Gasteiger partial charge in [-0.15, -0.1) is 0 Å². The highest BCUT2D eigenvalue weighted by Crippen LogP contribution is 2.27. The third-order valence-corrected chi connectivity index (χ3v) is 5.30. The van der Waals surface area contributed by atoms with Crippen molar-refractivity contribution in [2.24, 2.45) is 0 Å². The number of benzene rings is 1. The van der Waals surface area contributed by atoms with Crippen LogP contribution < -0.4 is 4.72 Å². The lowest BCUT2D eigenvalue weighted by atomic mass is 10.0. The normalized spacial score (nSPS) is 12.2. The molecule has 0 saturated carbocycles.